The van der Waals surface area contributed by atoms with Gasteiger partial charge >= 0.3 is 0 Å². The number of hydrogen-bond donors (Lipinski definition) is 0. The Bertz CT molecular complexity index is 921. The number of rotatable bonds is 15. The summed E-state index contributed by atoms with van der Waals surface area (Å²) in [5, 5.41) is 0. The Morgan fingerprint density at radius 2 is 1.39 bits per heavy atom. The largest absolute Gasteiger partial charge is 0.491 e. The lowest BCUT2D eigenvalue weighted by Crippen LogP contribution is -1.97. The summed E-state index contributed by atoms with van der Waals surface area (Å²) in [5.74, 6) is -2.95. The van der Waals surface area contributed by atoms with Gasteiger partial charge in [0.05, 0.1) is 6.61 Å². The predicted octanol–water partition coefficient (Wildman–Crippen LogP) is 9.65. The molecular weight excluding hydrogens is 421 g/mol. The lowest BCUT2D eigenvalue weighted by Gasteiger charge is -2.10. The number of halogens is 3. The van der Waals surface area contributed by atoms with Crippen LogP contribution in [0.15, 0.2) is 120 Å². The summed E-state index contributed by atoms with van der Waals surface area (Å²) in [4.78, 5) is 0. The average Bonchev–Trinajstić information content (AvgIpc) is 2.78. The fourth-order valence-corrected chi connectivity index (χ4v) is 2.25. The van der Waals surface area contributed by atoms with E-state index in [1.165, 1.54) is 18.2 Å². The number of hydrogen-bond acceptors (Lipinski definition) is 1. The van der Waals surface area contributed by atoms with Gasteiger partial charge in [-0.25, -0.2) is 8.78 Å². The molecule has 0 aromatic heterocycles. The highest BCUT2D eigenvalue weighted by Crippen LogP contribution is 2.28. The van der Waals surface area contributed by atoms with Gasteiger partial charge in [0, 0.05) is 11.1 Å². The Morgan fingerprint density at radius 3 is 1.91 bits per heavy atom. The van der Waals surface area contributed by atoms with Crippen LogP contribution < -0.4 is 0 Å². The molecule has 33 heavy (non-hydrogen) atoms. The van der Waals surface area contributed by atoms with Gasteiger partial charge in [-0.2, -0.15) is 4.39 Å². The van der Waals surface area contributed by atoms with Crippen LogP contribution in [-0.2, 0) is 4.74 Å². The van der Waals surface area contributed by atoms with Gasteiger partial charge in [0.1, 0.15) is 5.83 Å². The first kappa shape index (κ1) is 30.0. The van der Waals surface area contributed by atoms with E-state index in [1.54, 1.807) is 0 Å². The molecule has 1 nitrogen and oxygen atoms in total. The van der Waals surface area contributed by atoms with Gasteiger partial charge in [0.15, 0.2) is 11.6 Å². The highest BCUT2D eigenvalue weighted by Gasteiger charge is 2.16. The van der Waals surface area contributed by atoms with E-state index in [4.69, 9.17) is 4.74 Å². The summed E-state index contributed by atoms with van der Waals surface area (Å²) in [6.07, 6.45) is 8.49. The van der Waals surface area contributed by atoms with Crippen molar-refractivity contribution in [2.24, 2.45) is 5.92 Å². The van der Waals surface area contributed by atoms with Crippen LogP contribution in [0.2, 0.25) is 0 Å². The van der Waals surface area contributed by atoms with E-state index in [2.05, 4.69) is 53.3 Å². The first-order valence-corrected chi connectivity index (χ1v) is 10.9. The molecule has 0 aliphatic rings. The van der Waals surface area contributed by atoms with Crippen LogP contribution in [0.1, 0.15) is 47.0 Å². The van der Waals surface area contributed by atoms with Gasteiger partial charge in [0.2, 0.25) is 5.83 Å². The minimum Gasteiger partial charge on any atom is -0.491 e. The Labute approximate surface area is 198 Å². The molecule has 0 amide bonds. The second-order valence-corrected chi connectivity index (χ2v) is 8.13. The van der Waals surface area contributed by atoms with Crippen LogP contribution in [0.25, 0.3) is 0 Å². The lowest BCUT2D eigenvalue weighted by molar-refractivity contribution is 0.203. The van der Waals surface area contributed by atoms with Gasteiger partial charge in [-0.05, 0) is 54.1 Å². The predicted molar refractivity (Wildman–Crippen MR) is 136 cm³/mol. The number of allylic oxidation sites excluding steroid dienone is 13. The van der Waals surface area contributed by atoms with Crippen molar-refractivity contribution in [1.29, 1.82) is 0 Å². The molecule has 0 N–H and O–H groups in total. The molecule has 0 rings (SSSR count). The first-order valence-electron chi connectivity index (χ1n) is 10.9. The third-order valence-electron chi connectivity index (χ3n) is 4.73. The molecule has 180 valence electrons. The SMILES string of the molecule is C=C(/C=C\C(=C)C(=C)/C(F)=C\C(=C)/C(C)=C/CC(C)C)C(=C)/C(F)=C(/F)C(=C)OCCCC. The van der Waals surface area contributed by atoms with E-state index in [1.807, 2.05) is 19.9 Å². The molecule has 0 aromatic rings. The number of ether oxygens (including phenoxy) is 1. The molecule has 0 spiro atoms. The van der Waals surface area contributed by atoms with Gasteiger partial charge in [-0.3, -0.25) is 0 Å². The fourth-order valence-electron chi connectivity index (χ4n) is 2.25. The Morgan fingerprint density at radius 1 is 0.848 bits per heavy atom. The molecule has 0 saturated carbocycles. The van der Waals surface area contributed by atoms with E-state index >= 15 is 0 Å². The summed E-state index contributed by atoms with van der Waals surface area (Å²) in [5.41, 5.74) is 1.50. The van der Waals surface area contributed by atoms with E-state index in [9.17, 15) is 13.2 Å². The van der Waals surface area contributed by atoms with Crippen molar-refractivity contribution in [3.63, 3.8) is 0 Å². The van der Waals surface area contributed by atoms with Crippen LogP contribution in [-0.4, -0.2) is 6.61 Å². The fraction of sp³-hybridized carbons (Fsp3) is 0.310. The smallest absolute Gasteiger partial charge is 0.200 e. The normalized spacial score (nSPS) is 13.1. The van der Waals surface area contributed by atoms with Crippen molar-refractivity contribution in [1.82, 2.24) is 0 Å². The quantitative estimate of drug-likeness (QED) is 0.135. The first-order chi connectivity index (χ1) is 15.3. The van der Waals surface area contributed by atoms with Gasteiger partial charge in [0.25, 0.3) is 0 Å². The Hall–Kier alpha value is -3.01. The zero-order valence-electron chi connectivity index (χ0n) is 20.5. The molecule has 0 radical (unpaired) electrons. The van der Waals surface area contributed by atoms with Crippen molar-refractivity contribution in [2.45, 2.75) is 47.0 Å². The Kier molecular flexibility index (Phi) is 13.6. The zero-order chi connectivity index (χ0) is 25.7. The van der Waals surface area contributed by atoms with Crippen LogP contribution in [0.3, 0.4) is 0 Å². The summed E-state index contributed by atoms with van der Waals surface area (Å²) < 4.78 is 48.3. The molecule has 0 unspecified atom stereocenters. The Balaban J connectivity index is 5.22. The molecule has 0 aliphatic heterocycles. The van der Waals surface area contributed by atoms with Crippen molar-refractivity contribution in [2.75, 3.05) is 6.61 Å². The monoisotopic (exact) mass is 458 g/mol. The second-order valence-electron chi connectivity index (χ2n) is 8.13. The maximum absolute atomic E-state index is 14.6. The minimum atomic E-state index is -1.23. The third kappa shape index (κ3) is 10.9. The van der Waals surface area contributed by atoms with Gasteiger partial charge in [-0.1, -0.05) is 84.9 Å². The van der Waals surface area contributed by atoms with Crippen LogP contribution >= 0.6 is 0 Å². The maximum atomic E-state index is 14.6. The van der Waals surface area contributed by atoms with E-state index in [-0.39, 0.29) is 28.9 Å². The average molecular weight is 459 g/mol. The molecule has 4 heteroatoms. The molecule has 0 atom stereocenters. The molecule has 0 fully saturated rings. The molecule has 0 aromatic carbocycles. The molecule has 0 heterocycles. The van der Waals surface area contributed by atoms with Crippen LogP contribution in [0, 0.1) is 5.92 Å². The van der Waals surface area contributed by atoms with Crippen molar-refractivity contribution >= 4 is 0 Å². The topological polar surface area (TPSA) is 9.23 Å². The van der Waals surface area contributed by atoms with E-state index in [0.29, 0.717) is 17.9 Å². The second kappa shape index (κ2) is 14.9. The highest BCUT2D eigenvalue weighted by atomic mass is 19.2. The van der Waals surface area contributed by atoms with Crippen molar-refractivity contribution < 1.29 is 17.9 Å². The summed E-state index contributed by atoms with van der Waals surface area (Å²) in [6.45, 7) is 30.2. The van der Waals surface area contributed by atoms with Crippen molar-refractivity contribution in [3.8, 4) is 0 Å². The zero-order valence-corrected chi connectivity index (χ0v) is 20.5. The minimum absolute atomic E-state index is 0.0439. The standard InChI is InChI=1S/C29H37F3O/c1-11-12-17-33-26(10)29(32)28(31)25(9)22(6)16-15-21(5)24(8)27(30)18-23(7)20(4)14-13-19(2)3/h14-16,18-19H,5-13,17H2,1-4H3/b16-15-,20-14+,27-18+,29-28-. The molecule has 0 bridgehead atoms. The maximum Gasteiger partial charge on any atom is 0.200 e. The van der Waals surface area contributed by atoms with Crippen LogP contribution in [0.4, 0.5) is 13.2 Å². The van der Waals surface area contributed by atoms with Crippen LogP contribution in [0.5, 0.6) is 0 Å². The summed E-state index contributed by atoms with van der Waals surface area (Å²) >= 11 is 0. The summed E-state index contributed by atoms with van der Waals surface area (Å²) in [6, 6.07) is 0. The molecule has 0 aliphatic carbocycles. The summed E-state index contributed by atoms with van der Waals surface area (Å²) in [7, 11) is 0. The van der Waals surface area contributed by atoms with Crippen molar-refractivity contribution in [3.05, 3.63) is 120 Å². The van der Waals surface area contributed by atoms with Gasteiger partial charge < -0.3 is 4.74 Å². The highest BCUT2D eigenvalue weighted by molar-refractivity contribution is 5.54. The van der Waals surface area contributed by atoms with E-state index < -0.39 is 23.2 Å². The van der Waals surface area contributed by atoms with E-state index in [0.717, 1.165) is 18.4 Å². The molecule has 0 saturated heterocycles. The number of unbranched alkanes of at least 4 members (excludes halogenated alkanes) is 1. The lowest BCUT2D eigenvalue weighted by atomic mass is 10.0. The molecular formula is C29H37F3O. The third-order valence-corrected chi connectivity index (χ3v) is 4.73. The van der Waals surface area contributed by atoms with Gasteiger partial charge in [-0.15, -0.1) is 0 Å².